The second kappa shape index (κ2) is 12.8. The highest BCUT2D eigenvalue weighted by molar-refractivity contribution is 8.28. The number of hydrogen-bond donors (Lipinski definition) is 3. The van der Waals surface area contributed by atoms with Crippen molar-refractivity contribution in [2.75, 3.05) is 5.32 Å². The van der Waals surface area contributed by atoms with Crippen molar-refractivity contribution in [2.45, 2.75) is 96.6 Å². The van der Waals surface area contributed by atoms with Crippen LogP contribution in [-0.4, -0.2) is 22.6 Å². The van der Waals surface area contributed by atoms with Crippen LogP contribution in [0.25, 0.3) is 0 Å². The van der Waals surface area contributed by atoms with Crippen LogP contribution < -0.4 is 10.6 Å². The number of anilines is 2. The van der Waals surface area contributed by atoms with Crippen LogP contribution in [0.3, 0.4) is 0 Å². The molecule has 3 unspecified atom stereocenters. The molecule has 7 heteroatoms. The van der Waals surface area contributed by atoms with Crippen molar-refractivity contribution in [1.29, 1.82) is 0 Å². The lowest BCUT2D eigenvalue weighted by molar-refractivity contribution is -0.109. The number of aromatic nitrogens is 2. The van der Waals surface area contributed by atoms with E-state index in [-0.39, 0.29) is 15.5 Å². The molecule has 34 heavy (non-hydrogen) atoms. The van der Waals surface area contributed by atoms with Gasteiger partial charge in [-0.15, -0.1) is 9.45 Å². The molecule has 0 radical (unpaired) electrons. The van der Waals surface area contributed by atoms with E-state index in [0.717, 1.165) is 29.2 Å². The molecule has 0 saturated heterocycles. The van der Waals surface area contributed by atoms with E-state index in [1.54, 1.807) is 0 Å². The summed E-state index contributed by atoms with van der Waals surface area (Å²) in [6.45, 7) is 10.0. The van der Waals surface area contributed by atoms with Crippen LogP contribution in [0.4, 0.5) is 11.5 Å². The fourth-order valence-corrected chi connectivity index (χ4v) is 7.37. The summed E-state index contributed by atoms with van der Waals surface area (Å²) in [7, 11) is 0.0982. The Kier molecular flexibility index (Phi) is 10.1. The first-order valence-corrected chi connectivity index (χ1v) is 15.4. The molecule has 2 aliphatic carbocycles. The maximum atomic E-state index is 9.50. The molecule has 1 aromatic heterocycles. The summed E-state index contributed by atoms with van der Waals surface area (Å²) in [5.41, 5.74) is 6.75. The number of hydrogen-bond acceptors (Lipinski definition) is 4. The second-order valence-electron chi connectivity index (χ2n) is 9.84. The number of benzene rings is 1. The highest BCUT2D eigenvalue weighted by Gasteiger charge is 2.35. The Morgan fingerprint density at radius 2 is 1.91 bits per heavy atom. The number of nitrogens with zero attached hydrogens (tertiary/aromatic N) is 1. The molecule has 3 aliphatic rings. The molecule has 188 valence electrons. The lowest BCUT2D eigenvalue weighted by atomic mass is 9.75. The minimum Gasteiger partial charge on any atom is -0.357 e. The summed E-state index contributed by atoms with van der Waals surface area (Å²) in [5.74, 6) is 5.73. The molecule has 0 bridgehead atoms. The van der Waals surface area contributed by atoms with E-state index in [1.807, 2.05) is 27.7 Å². The molecular formula is C27H42N4OS2. The maximum Gasteiger partial charge on any atom is 0.207 e. The van der Waals surface area contributed by atoms with Gasteiger partial charge in [0, 0.05) is 40.9 Å². The van der Waals surface area contributed by atoms with Crippen LogP contribution in [0.2, 0.25) is 0 Å². The molecule has 1 aromatic carbocycles. The van der Waals surface area contributed by atoms with Gasteiger partial charge in [0.2, 0.25) is 6.41 Å². The molecule has 5 rings (SSSR count). The number of amides is 1. The number of fused-ring (bicyclic) bond motifs is 1. The van der Waals surface area contributed by atoms with E-state index in [0.29, 0.717) is 12.3 Å². The Balaban J connectivity index is 0.000000356. The smallest absolute Gasteiger partial charge is 0.207 e. The molecule has 2 aromatic rings. The Labute approximate surface area is 212 Å². The summed E-state index contributed by atoms with van der Waals surface area (Å²) in [4.78, 5) is 9.50. The molecule has 3 N–H and O–H groups in total. The van der Waals surface area contributed by atoms with Crippen molar-refractivity contribution >= 4 is 38.6 Å². The Morgan fingerprint density at radius 3 is 2.53 bits per heavy atom. The van der Waals surface area contributed by atoms with Gasteiger partial charge in [-0.1, -0.05) is 50.4 Å². The van der Waals surface area contributed by atoms with Crippen molar-refractivity contribution in [2.24, 2.45) is 11.8 Å². The van der Waals surface area contributed by atoms with Crippen molar-refractivity contribution < 1.29 is 4.79 Å². The van der Waals surface area contributed by atoms with Gasteiger partial charge in [-0.05, 0) is 74.6 Å². The molecule has 1 amide bonds. The average molecular weight is 503 g/mol. The minimum absolute atomic E-state index is 0.0982. The predicted octanol–water partition coefficient (Wildman–Crippen LogP) is 6.41. The van der Waals surface area contributed by atoms with Gasteiger partial charge in [0.25, 0.3) is 0 Å². The normalized spacial score (nSPS) is 23.2. The standard InChI is InChI=1S/C21H27N3S2.C4H9NO.C2H6/c1-13-18-12-26(25)11-17(18)7-8-19(13)22-21-10-20(23-24-21)16-6-5-15(9-16)14-3-2-4-14;1-4(2)5-3-6;1-2/h7-8,10,14-16H,2-6,9,11-12H2,1H3,(H2,22,23,24);3-4H,1-2H3,(H,5,6);1-2H3. The van der Waals surface area contributed by atoms with E-state index in [9.17, 15) is 4.79 Å². The average Bonchev–Trinajstić information content (AvgIpc) is 3.51. The number of carbonyl (C=O) groups is 1. The third-order valence-electron chi connectivity index (χ3n) is 7.31. The number of H-pyrrole nitrogens is 1. The molecule has 2 heterocycles. The molecule has 1 aliphatic heterocycles. The number of rotatable bonds is 6. The fourth-order valence-electron chi connectivity index (χ4n) is 5.19. The van der Waals surface area contributed by atoms with Crippen molar-refractivity contribution in [3.63, 3.8) is 0 Å². The van der Waals surface area contributed by atoms with E-state index in [2.05, 4.69) is 46.0 Å². The van der Waals surface area contributed by atoms with Gasteiger partial charge in [0.15, 0.2) is 5.82 Å². The van der Waals surface area contributed by atoms with Crippen molar-refractivity contribution in [3.05, 3.63) is 40.6 Å². The largest absolute Gasteiger partial charge is 0.357 e. The second-order valence-corrected chi connectivity index (χ2v) is 12.7. The summed E-state index contributed by atoms with van der Waals surface area (Å²) in [6.07, 6.45) is 9.17. The number of aromatic amines is 1. The van der Waals surface area contributed by atoms with Gasteiger partial charge >= 0.3 is 0 Å². The van der Waals surface area contributed by atoms with Crippen molar-refractivity contribution in [1.82, 2.24) is 15.5 Å². The zero-order chi connectivity index (χ0) is 24.7. The summed E-state index contributed by atoms with van der Waals surface area (Å²) in [6, 6.07) is 6.96. The van der Waals surface area contributed by atoms with Crippen molar-refractivity contribution in [3.8, 4) is 0 Å². The van der Waals surface area contributed by atoms with Gasteiger partial charge in [-0.2, -0.15) is 5.10 Å². The Bertz CT molecular complexity index is 968. The van der Waals surface area contributed by atoms with E-state index >= 15 is 0 Å². The lowest BCUT2D eigenvalue weighted by Crippen LogP contribution is -2.19. The first-order chi connectivity index (χ1) is 16.4. The zero-order valence-electron chi connectivity index (χ0n) is 21.4. The number of nitrogens with one attached hydrogen (secondary N) is 3. The van der Waals surface area contributed by atoms with Crippen LogP contribution in [0.1, 0.15) is 94.5 Å². The molecule has 2 fully saturated rings. The van der Waals surface area contributed by atoms with Gasteiger partial charge in [0.1, 0.15) is 0 Å². The van der Waals surface area contributed by atoms with Crippen LogP contribution in [0, 0.1) is 18.8 Å². The lowest BCUT2D eigenvalue weighted by Gasteiger charge is -2.31. The highest BCUT2D eigenvalue weighted by atomic mass is 32.8. The van der Waals surface area contributed by atoms with E-state index in [4.69, 9.17) is 11.2 Å². The molecular weight excluding hydrogens is 460 g/mol. The minimum atomic E-state index is 0.0982. The molecule has 2 saturated carbocycles. The fraction of sp³-hybridized carbons (Fsp3) is 0.630. The summed E-state index contributed by atoms with van der Waals surface area (Å²) < 4.78 is 0. The third kappa shape index (κ3) is 6.69. The molecule has 0 spiro atoms. The zero-order valence-corrected chi connectivity index (χ0v) is 23.1. The van der Waals surface area contributed by atoms with Gasteiger partial charge in [-0.25, -0.2) is 0 Å². The first-order valence-electron chi connectivity index (χ1n) is 12.9. The maximum absolute atomic E-state index is 9.50. The van der Waals surface area contributed by atoms with Crippen LogP contribution in [-0.2, 0) is 36.9 Å². The van der Waals surface area contributed by atoms with Crippen LogP contribution >= 0.6 is 0 Å². The highest BCUT2D eigenvalue weighted by Crippen LogP contribution is 2.47. The predicted molar refractivity (Wildman–Crippen MR) is 148 cm³/mol. The van der Waals surface area contributed by atoms with Crippen LogP contribution in [0.5, 0.6) is 0 Å². The Hall–Kier alpha value is -1.73. The topological polar surface area (TPSA) is 69.8 Å². The number of carbonyl (C=O) groups excluding carboxylic acids is 1. The third-order valence-corrected chi connectivity index (χ3v) is 9.26. The first kappa shape index (κ1) is 26.9. The van der Waals surface area contributed by atoms with E-state index in [1.165, 1.54) is 66.6 Å². The van der Waals surface area contributed by atoms with Gasteiger partial charge in [0.05, 0.1) is 0 Å². The van der Waals surface area contributed by atoms with Gasteiger partial charge < -0.3 is 10.6 Å². The van der Waals surface area contributed by atoms with E-state index < -0.39 is 0 Å². The molecule has 5 nitrogen and oxygen atoms in total. The summed E-state index contributed by atoms with van der Waals surface area (Å²) >= 11 is 5.54. The van der Waals surface area contributed by atoms with Gasteiger partial charge in [-0.3, -0.25) is 9.89 Å². The quantitative estimate of drug-likeness (QED) is 0.399. The Morgan fingerprint density at radius 1 is 1.15 bits per heavy atom. The monoisotopic (exact) mass is 502 g/mol. The van der Waals surface area contributed by atoms with Crippen LogP contribution in [0.15, 0.2) is 18.2 Å². The molecule has 3 atom stereocenters. The SMILES string of the molecule is CC.CC(C)NC=O.Cc1c(Nc2cc(C3CCC(C4CCC4)C3)[nH]n2)ccc2c1CS(=S)C2. The summed E-state index contributed by atoms with van der Waals surface area (Å²) in [5, 5.41) is 13.9.